The SMILES string of the molecule is Cc1nc(C)c(C(C)NCC2(N(C)C)CCC2)s1. The van der Waals surface area contributed by atoms with Crippen LogP contribution >= 0.6 is 11.3 Å². The quantitative estimate of drug-likeness (QED) is 0.889. The first kappa shape index (κ1) is 14.0. The summed E-state index contributed by atoms with van der Waals surface area (Å²) in [5.74, 6) is 0. The number of nitrogens with one attached hydrogen (secondary N) is 1. The molecule has 2 rings (SSSR count). The van der Waals surface area contributed by atoms with Crippen molar-refractivity contribution in [1.29, 1.82) is 0 Å². The average Bonchev–Trinajstić information content (AvgIpc) is 2.55. The average molecular weight is 267 g/mol. The van der Waals surface area contributed by atoms with Gasteiger partial charge in [-0.25, -0.2) is 4.98 Å². The highest BCUT2D eigenvalue weighted by Crippen LogP contribution is 2.36. The Bertz CT molecular complexity index is 407. The molecule has 1 atom stereocenters. The summed E-state index contributed by atoms with van der Waals surface area (Å²) in [5.41, 5.74) is 1.58. The van der Waals surface area contributed by atoms with Crippen LogP contribution in [0.1, 0.15) is 47.8 Å². The van der Waals surface area contributed by atoms with Crippen molar-refractivity contribution < 1.29 is 0 Å². The van der Waals surface area contributed by atoms with Crippen molar-refractivity contribution >= 4 is 11.3 Å². The fraction of sp³-hybridized carbons (Fsp3) is 0.786. The molecule has 1 aliphatic carbocycles. The molecule has 1 unspecified atom stereocenters. The highest BCUT2D eigenvalue weighted by Gasteiger charge is 2.38. The first-order chi connectivity index (χ1) is 8.44. The Labute approximate surface area is 115 Å². The predicted molar refractivity (Wildman–Crippen MR) is 78.3 cm³/mol. The molecule has 1 heterocycles. The van der Waals surface area contributed by atoms with Crippen LogP contribution in [0.3, 0.4) is 0 Å². The Balaban J connectivity index is 1.96. The molecule has 0 radical (unpaired) electrons. The van der Waals surface area contributed by atoms with Crippen molar-refractivity contribution in [3.8, 4) is 0 Å². The van der Waals surface area contributed by atoms with Crippen LogP contribution in [0.4, 0.5) is 0 Å². The van der Waals surface area contributed by atoms with Crippen LogP contribution in [0.25, 0.3) is 0 Å². The van der Waals surface area contributed by atoms with Gasteiger partial charge in [0.15, 0.2) is 0 Å². The summed E-state index contributed by atoms with van der Waals surface area (Å²) in [6, 6.07) is 0.411. The Morgan fingerprint density at radius 1 is 1.39 bits per heavy atom. The number of aryl methyl sites for hydroxylation is 2. The second-order valence-corrected chi connectivity index (χ2v) is 6.99. The smallest absolute Gasteiger partial charge is 0.0900 e. The molecule has 0 bridgehead atoms. The number of hydrogen-bond acceptors (Lipinski definition) is 4. The standard InChI is InChI=1S/C14H25N3S/c1-10(13-11(2)16-12(3)18-13)15-9-14(17(4)5)7-6-8-14/h10,15H,6-9H2,1-5H3. The molecule has 1 aliphatic rings. The minimum atomic E-state index is 0.391. The van der Waals surface area contributed by atoms with Crippen molar-refractivity contribution in [1.82, 2.24) is 15.2 Å². The van der Waals surface area contributed by atoms with Crippen LogP contribution in [0.2, 0.25) is 0 Å². The maximum absolute atomic E-state index is 4.51. The molecule has 1 aromatic rings. The van der Waals surface area contributed by atoms with Crippen molar-refractivity contribution in [3.05, 3.63) is 15.6 Å². The largest absolute Gasteiger partial charge is 0.308 e. The lowest BCUT2D eigenvalue weighted by molar-refractivity contribution is 0.0577. The molecule has 0 saturated heterocycles. The van der Waals surface area contributed by atoms with Gasteiger partial charge in [-0.3, -0.25) is 0 Å². The molecule has 4 heteroatoms. The lowest BCUT2D eigenvalue weighted by atomic mass is 9.75. The number of rotatable bonds is 5. The maximum atomic E-state index is 4.51. The van der Waals surface area contributed by atoms with Gasteiger partial charge in [0.2, 0.25) is 0 Å². The summed E-state index contributed by atoms with van der Waals surface area (Å²) in [5, 5.41) is 4.87. The lowest BCUT2D eigenvalue weighted by Gasteiger charge is -2.48. The second kappa shape index (κ2) is 5.27. The lowest BCUT2D eigenvalue weighted by Crippen LogP contribution is -2.56. The predicted octanol–water partition coefficient (Wildman–Crippen LogP) is 2.89. The molecule has 0 aromatic carbocycles. The fourth-order valence-corrected chi connectivity index (χ4v) is 3.71. The minimum Gasteiger partial charge on any atom is -0.308 e. The first-order valence-electron chi connectivity index (χ1n) is 6.79. The Hall–Kier alpha value is -0.450. The Morgan fingerprint density at radius 2 is 2.06 bits per heavy atom. The van der Waals surface area contributed by atoms with E-state index in [0.29, 0.717) is 11.6 Å². The monoisotopic (exact) mass is 267 g/mol. The number of aromatic nitrogens is 1. The summed E-state index contributed by atoms with van der Waals surface area (Å²) >= 11 is 1.82. The van der Waals surface area contributed by atoms with Crippen molar-refractivity contribution in [2.75, 3.05) is 20.6 Å². The Kier molecular flexibility index (Phi) is 4.09. The molecule has 1 fully saturated rings. The van der Waals surface area contributed by atoms with E-state index in [-0.39, 0.29) is 0 Å². The van der Waals surface area contributed by atoms with Crippen LogP contribution in [-0.2, 0) is 0 Å². The molecule has 0 amide bonds. The van der Waals surface area contributed by atoms with E-state index < -0.39 is 0 Å². The third-order valence-corrected chi connectivity index (χ3v) is 5.56. The van der Waals surface area contributed by atoms with Gasteiger partial charge in [-0.1, -0.05) is 0 Å². The van der Waals surface area contributed by atoms with Crippen molar-refractivity contribution in [3.63, 3.8) is 0 Å². The maximum Gasteiger partial charge on any atom is 0.0900 e. The number of likely N-dealkylation sites (N-methyl/N-ethyl adjacent to an activating group) is 1. The van der Waals surface area contributed by atoms with Crippen molar-refractivity contribution in [2.45, 2.75) is 51.6 Å². The van der Waals surface area contributed by atoms with Crippen LogP contribution in [0.15, 0.2) is 0 Å². The molecular weight excluding hydrogens is 242 g/mol. The number of nitrogens with zero attached hydrogens (tertiary/aromatic N) is 2. The number of thiazole rings is 1. The molecule has 1 N–H and O–H groups in total. The van der Waals surface area contributed by atoms with Gasteiger partial charge < -0.3 is 10.2 Å². The summed E-state index contributed by atoms with van der Waals surface area (Å²) in [6.45, 7) is 7.53. The second-order valence-electron chi connectivity index (χ2n) is 5.76. The summed E-state index contributed by atoms with van der Waals surface area (Å²) in [4.78, 5) is 8.29. The molecule has 102 valence electrons. The summed E-state index contributed by atoms with van der Waals surface area (Å²) in [6.07, 6.45) is 4.01. The van der Waals surface area contributed by atoms with E-state index >= 15 is 0 Å². The van der Waals surface area contributed by atoms with E-state index in [1.165, 1.54) is 34.8 Å². The first-order valence-corrected chi connectivity index (χ1v) is 7.61. The van der Waals surface area contributed by atoms with Crippen LogP contribution in [0.5, 0.6) is 0 Å². The van der Waals surface area contributed by atoms with E-state index in [0.717, 1.165) is 6.54 Å². The highest BCUT2D eigenvalue weighted by molar-refractivity contribution is 7.11. The zero-order chi connectivity index (χ0) is 13.3. The van der Waals surface area contributed by atoms with E-state index in [2.05, 4.69) is 50.1 Å². The van der Waals surface area contributed by atoms with Gasteiger partial charge in [0.05, 0.1) is 10.7 Å². The molecule has 18 heavy (non-hydrogen) atoms. The van der Waals surface area contributed by atoms with Gasteiger partial charge in [-0.15, -0.1) is 11.3 Å². The zero-order valence-electron chi connectivity index (χ0n) is 12.2. The van der Waals surface area contributed by atoms with Gasteiger partial charge >= 0.3 is 0 Å². The van der Waals surface area contributed by atoms with Gasteiger partial charge in [-0.2, -0.15) is 0 Å². The van der Waals surface area contributed by atoms with Gasteiger partial charge in [0.1, 0.15) is 0 Å². The molecule has 1 saturated carbocycles. The van der Waals surface area contributed by atoms with E-state index in [1.807, 2.05) is 11.3 Å². The fourth-order valence-electron chi connectivity index (χ4n) is 2.75. The van der Waals surface area contributed by atoms with Gasteiger partial charge in [0.25, 0.3) is 0 Å². The molecule has 1 aromatic heterocycles. The van der Waals surface area contributed by atoms with Gasteiger partial charge in [-0.05, 0) is 54.1 Å². The minimum absolute atomic E-state index is 0.391. The van der Waals surface area contributed by atoms with E-state index in [1.54, 1.807) is 0 Å². The van der Waals surface area contributed by atoms with E-state index in [9.17, 15) is 0 Å². The third kappa shape index (κ3) is 2.60. The topological polar surface area (TPSA) is 28.2 Å². The van der Waals surface area contributed by atoms with Crippen LogP contribution in [-0.4, -0.2) is 36.1 Å². The molecule has 0 spiro atoms. The molecule has 0 aliphatic heterocycles. The zero-order valence-corrected chi connectivity index (χ0v) is 13.0. The van der Waals surface area contributed by atoms with Crippen LogP contribution in [0, 0.1) is 13.8 Å². The van der Waals surface area contributed by atoms with Gasteiger partial charge in [0, 0.05) is 23.0 Å². The Morgan fingerprint density at radius 3 is 2.44 bits per heavy atom. The van der Waals surface area contributed by atoms with E-state index in [4.69, 9.17) is 0 Å². The highest BCUT2D eigenvalue weighted by atomic mass is 32.1. The summed E-state index contributed by atoms with van der Waals surface area (Å²) < 4.78 is 0. The normalized spacial score (nSPS) is 19.9. The van der Waals surface area contributed by atoms with Crippen LogP contribution < -0.4 is 5.32 Å². The molecular formula is C14H25N3S. The third-order valence-electron chi connectivity index (χ3n) is 4.30. The number of hydrogen-bond donors (Lipinski definition) is 1. The van der Waals surface area contributed by atoms with Crippen molar-refractivity contribution in [2.24, 2.45) is 0 Å². The summed E-state index contributed by atoms with van der Waals surface area (Å²) in [7, 11) is 4.40. The molecule has 3 nitrogen and oxygen atoms in total.